The van der Waals surface area contributed by atoms with Gasteiger partial charge in [-0.3, -0.25) is 4.79 Å². The number of carbonyl (C=O) groups is 1. The fourth-order valence-corrected chi connectivity index (χ4v) is 3.36. The highest BCUT2D eigenvalue weighted by Crippen LogP contribution is 2.19. The summed E-state index contributed by atoms with van der Waals surface area (Å²) in [5.74, 6) is 1.74. The van der Waals surface area contributed by atoms with Gasteiger partial charge in [0.25, 0.3) is 5.91 Å². The lowest BCUT2D eigenvalue weighted by Crippen LogP contribution is -2.50. The number of amides is 1. The van der Waals surface area contributed by atoms with Crippen molar-refractivity contribution in [1.29, 1.82) is 0 Å². The molecule has 1 fully saturated rings. The third-order valence-electron chi connectivity index (χ3n) is 4.89. The van der Waals surface area contributed by atoms with Gasteiger partial charge in [0, 0.05) is 31.6 Å². The number of anilines is 1. The van der Waals surface area contributed by atoms with E-state index in [1.165, 1.54) is 0 Å². The molecule has 1 aliphatic heterocycles. The molecule has 1 saturated heterocycles. The monoisotopic (exact) mass is 361 g/mol. The summed E-state index contributed by atoms with van der Waals surface area (Å²) in [7, 11) is 0. The molecule has 2 heterocycles. The Morgan fingerprint density at radius 1 is 1.00 bits per heavy atom. The summed E-state index contributed by atoms with van der Waals surface area (Å²) in [6.45, 7) is 5.02. The predicted octanol–water partition coefficient (Wildman–Crippen LogP) is 3.27. The fraction of sp³-hybridized carbons (Fsp3) is 0.273. The maximum Gasteiger partial charge on any atom is 0.260 e. The van der Waals surface area contributed by atoms with Gasteiger partial charge in [0.2, 0.25) is 0 Å². The van der Waals surface area contributed by atoms with Crippen molar-refractivity contribution in [1.82, 2.24) is 9.88 Å². The third-order valence-corrected chi connectivity index (χ3v) is 4.89. The first-order valence-corrected chi connectivity index (χ1v) is 9.27. The molecule has 138 valence electrons. The lowest BCUT2D eigenvalue weighted by Gasteiger charge is -2.35. The molecule has 5 nitrogen and oxygen atoms in total. The maximum atomic E-state index is 12.4. The summed E-state index contributed by atoms with van der Waals surface area (Å²) in [5, 5.41) is 1.14. The van der Waals surface area contributed by atoms with Gasteiger partial charge in [0.05, 0.1) is 5.52 Å². The van der Waals surface area contributed by atoms with Gasteiger partial charge in [-0.1, -0.05) is 30.3 Å². The lowest BCUT2D eigenvalue weighted by molar-refractivity contribution is -0.133. The highest BCUT2D eigenvalue weighted by molar-refractivity contribution is 5.80. The average molecular weight is 361 g/mol. The number of benzene rings is 2. The van der Waals surface area contributed by atoms with Crippen LogP contribution in [-0.4, -0.2) is 48.6 Å². The molecular weight excluding hydrogens is 338 g/mol. The van der Waals surface area contributed by atoms with Crippen LogP contribution in [0, 0.1) is 6.92 Å². The van der Waals surface area contributed by atoms with Crippen molar-refractivity contribution in [2.24, 2.45) is 0 Å². The molecule has 0 atom stereocenters. The summed E-state index contributed by atoms with van der Waals surface area (Å²) < 4.78 is 5.64. The number of aromatic nitrogens is 1. The minimum absolute atomic E-state index is 0.0302. The second-order valence-corrected chi connectivity index (χ2v) is 6.84. The van der Waals surface area contributed by atoms with Crippen molar-refractivity contribution in [2.75, 3.05) is 37.7 Å². The quantitative estimate of drug-likeness (QED) is 0.715. The van der Waals surface area contributed by atoms with Crippen molar-refractivity contribution in [3.05, 3.63) is 66.2 Å². The largest absolute Gasteiger partial charge is 0.484 e. The lowest BCUT2D eigenvalue weighted by atomic mass is 10.2. The number of piperazine rings is 1. The average Bonchev–Trinajstić information content (AvgIpc) is 2.72. The molecule has 4 rings (SSSR count). The van der Waals surface area contributed by atoms with Gasteiger partial charge in [0.15, 0.2) is 6.61 Å². The summed E-state index contributed by atoms with van der Waals surface area (Å²) >= 11 is 0. The van der Waals surface area contributed by atoms with E-state index >= 15 is 0 Å². The van der Waals surface area contributed by atoms with Gasteiger partial charge in [-0.05, 0) is 42.8 Å². The van der Waals surface area contributed by atoms with Crippen molar-refractivity contribution in [3.63, 3.8) is 0 Å². The van der Waals surface area contributed by atoms with Crippen LogP contribution in [0.4, 0.5) is 5.82 Å². The van der Waals surface area contributed by atoms with Gasteiger partial charge in [-0.2, -0.15) is 0 Å². The predicted molar refractivity (Wildman–Crippen MR) is 107 cm³/mol. The van der Waals surface area contributed by atoms with Gasteiger partial charge < -0.3 is 14.5 Å². The van der Waals surface area contributed by atoms with Gasteiger partial charge in [-0.15, -0.1) is 0 Å². The van der Waals surface area contributed by atoms with Crippen molar-refractivity contribution >= 4 is 22.6 Å². The first-order valence-electron chi connectivity index (χ1n) is 9.27. The smallest absolute Gasteiger partial charge is 0.260 e. The highest BCUT2D eigenvalue weighted by atomic mass is 16.5. The molecule has 0 spiro atoms. The minimum atomic E-state index is 0.0302. The number of pyridine rings is 1. The first kappa shape index (κ1) is 17.3. The first-order chi connectivity index (χ1) is 13.2. The molecule has 1 amide bonds. The summed E-state index contributed by atoms with van der Waals surface area (Å²) in [6, 6.07) is 20.0. The van der Waals surface area contributed by atoms with E-state index < -0.39 is 0 Å². The molecule has 1 aliphatic rings. The zero-order chi connectivity index (χ0) is 18.6. The van der Waals surface area contributed by atoms with E-state index in [4.69, 9.17) is 9.72 Å². The van der Waals surface area contributed by atoms with E-state index in [9.17, 15) is 4.79 Å². The van der Waals surface area contributed by atoms with E-state index in [-0.39, 0.29) is 12.5 Å². The van der Waals surface area contributed by atoms with Crippen LogP contribution in [0.3, 0.4) is 0 Å². The molecule has 2 aromatic carbocycles. The molecule has 27 heavy (non-hydrogen) atoms. The molecule has 0 N–H and O–H groups in total. The summed E-state index contributed by atoms with van der Waals surface area (Å²) in [5.41, 5.74) is 2.12. The van der Waals surface area contributed by atoms with Crippen LogP contribution in [0.2, 0.25) is 0 Å². The van der Waals surface area contributed by atoms with Gasteiger partial charge in [0.1, 0.15) is 11.6 Å². The van der Waals surface area contributed by atoms with Gasteiger partial charge in [-0.25, -0.2) is 4.98 Å². The standard InChI is InChI=1S/C22H23N3O2/c1-17-5-4-7-19(15-17)27-16-22(26)25-13-11-24(12-14-25)21-10-9-18-6-2-3-8-20(18)23-21/h2-10,15H,11-14,16H2,1H3. The molecule has 3 aromatic rings. The molecule has 0 bridgehead atoms. The van der Waals surface area contributed by atoms with E-state index in [1.807, 2.05) is 54.3 Å². The minimum Gasteiger partial charge on any atom is -0.484 e. The Bertz CT molecular complexity index is 949. The number of hydrogen-bond acceptors (Lipinski definition) is 4. The topological polar surface area (TPSA) is 45.7 Å². The SMILES string of the molecule is Cc1cccc(OCC(=O)N2CCN(c3ccc4ccccc4n3)CC2)c1. The van der Waals surface area contributed by atoms with Gasteiger partial charge >= 0.3 is 0 Å². The number of nitrogens with zero attached hydrogens (tertiary/aromatic N) is 3. The number of hydrogen-bond donors (Lipinski definition) is 0. The zero-order valence-corrected chi connectivity index (χ0v) is 15.5. The number of rotatable bonds is 4. The van der Waals surface area contributed by atoms with E-state index in [1.54, 1.807) is 0 Å². The van der Waals surface area contributed by atoms with Crippen LogP contribution >= 0.6 is 0 Å². The van der Waals surface area contributed by atoms with Crippen LogP contribution in [0.25, 0.3) is 10.9 Å². The Morgan fingerprint density at radius 3 is 2.63 bits per heavy atom. The second-order valence-electron chi connectivity index (χ2n) is 6.84. The van der Waals surface area contributed by atoms with Crippen molar-refractivity contribution in [2.45, 2.75) is 6.92 Å². The van der Waals surface area contributed by atoms with Crippen LogP contribution in [-0.2, 0) is 4.79 Å². The van der Waals surface area contributed by atoms with Crippen molar-refractivity contribution < 1.29 is 9.53 Å². The normalized spacial score (nSPS) is 14.4. The highest BCUT2D eigenvalue weighted by Gasteiger charge is 2.22. The Kier molecular flexibility index (Phi) is 4.92. The fourth-order valence-electron chi connectivity index (χ4n) is 3.36. The third kappa shape index (κ3) is 4.03. The molecule has 0 aliphatic carbocycles. The Labute approximate surface area is 159 Å². The van der Waals surface area contributed by atoms with Crippen LogP contribution < -0.4 is 9.64 Å². The Morgan fingerprint density at radius 2 is 1.81 bits per heavy atom. The van der Waals surface area contributed by atoms with Crippen molar-refractivity contribution in [3.8, 4) is 5.75 Å². The number of fused-ring (bicyclic) bond motifs is 1. The number of carbonyl (C=O) groups excluding carboxylic acids is 1. The molecular formula is C22H23N3O2. The number of para-hydroxylation sites is 1. The summed E-state index contributed by atoms with van der Waals surface area (Å²) in [4.78, 5) is 21.3. The molecule has 0 radical (unpaired) electrons. The molecule has 0 unspecified atom stereocenters. The Balaban J connectivity index is 1.33. The zero-order valence-electron chi connectivity index (χ0n) is 15.5. The van der Waals surface area contributed by atoms with E-state index in [0.29, 0.717) is 13.1 Å². The molecule has 5 heteroatoms. The van der Waals surface area contributed by atoms with E-state index in [0.717, 1.165) is 41.1 Å². The summed E-state index contributed by atoms with van der Waals surface area (Å²) in [6.07, 6.45) is 0. The molecule has 0 saturated carbocycles. The second kappa shape index (κ2) is 7.66. The number of aryl methyl sites for hydroxylation is 1. The van der Waals surface area contributed by atoms with Crippen LogP contribution in [0.15, 0.2) is 60.7 Å². The molecule has 1 aromatic heterocycles. The van der Waals surface area contributed by atoms with E-state index in [2.05, 4.69) is 23.1 Å². The number of ether oxygens (including phenoxy) is 1. The Hall–Kier alpha value is -3.08. The van der Waals surface area contributed by atoms with Crippen LogP contribution in [0.5, 0.6) is 5.75 Å². The van der Waals surface area contributed by atoms with Crippen LogP contribution in [0.1, 0.15) is 5.56 Å². The maximum absolute atomic E-state index is 12.4.